The predicted molar refractivity (Wildman–Crippen MR) is 340 cm³/mol. The maximum Gasteiger partial charge on any atom is 0.179 e. The van der Waals surface area contributed by atoms with Crippen molar-refractivity contribution < 1.29 is 0 Å². The monoisotopic (exact) mass is 1020 g/mol. The number of fused-ring (bicyclic) bond motifs is 4. The molecule has 2 heteroatoms. The number of benzene rings is 14. The van der Waals surface area contributed by atoms with Crippen LogP contribution >= 0.6 is 0 Å². The van der Waals surface area contributed by atoms with Crippen LogP contribution in [0, 0.1) is 0 Å². The van der Waals surface area contributed by atoms with Gasteiger partial charge in [-0.3, -0.25) is 0 Å². The van der Waals surface area contributed by atoms with Gasteiger partial charge >= 0.3 is 0 Å². The number of hydrogen-bond donors (Lipinski definition) is 0. The summed E-state index contributed by atoms with van der Waals surface area (Å²) in [6.45, 7) is 0. The molecule has 0 aliphatic rings. The molecule has 0 saturated heterocycles. The molecule has 366 valence electrons. The lowest BCUT2D eigenvalue weighted by molar-refractivity contribution is 1.63. The lowest BCUT2D eigenvalue weighted by Crippen LogP contribution is -2.74. The van der Waals surface area contributed by atoms with Crippen LogP contribution < -0.4 is 41.5 Å². The molecule has 0 aromatic heterocycles. The Morgan fingerprint density at radius 2 is 0.449 bits per heavy atom. The van der Waals surface area contributed by atoms with E-state index in [9.17, 15) is 0 Å². The Labute approximate surface area is 458 Å². The van der Waals surface area contributed by atoms with Crippen LogP contribution in [0.4, 0.5) is 0 Å². The molecule has 0 amide bonds. The Morgan fingerprint density at radius 1 is 0.154 bits per heavy atom. The van der Waals surface area contributed by atoms with Crippen molar-refractivity contribution in [3.05, 3.63) is 328 Å². The second-order valence-electron chi connectivity index (χ2n) is 20.7. The van der Waals surface area contributed by atoms with Crippen molar-refractivity contribution >= 4 is 101 Å². The predicted octanol–water partition coefficient (Wildman–Crippen LogP) is 14.1. The molecule has 0 fully saturated rings. The van der Waals surface area contributed by atoms with E-state index in [1.165, 1.54) is 118 Å². The fourth-order valence-corrected chi connectivity index (χ4v) is 22.6. The van der Waals surface area contributed by atoms with E-state index < -0.39 is 16.1 Å². The molecular formula is C76H54Si2. The van der Waals surface area contributed by atoms with Crippen molar-refractivity contribution in [3.63, 3.8) is 0 Å². The highest BCUT2D eigenvalue weighted by Gasteiger charge is 2.43. The van der Waals surface area contributed by atoms with Gasteiger partial charge in [0, 0.05) is 0 Å². The average Bonchev–Trinajstić information content (AvgIpc) is 3.55. The second-order valence-corrected chi connectivity index (χ2v) is 28.3. The molecule has 0 radical (unpaired) electrons. The molecule has 0 saturated carbocycles. The van der Waals surface area contributed by atoms with Crippen molar-refractivity contribution in [2.45, 2.75) is 0 Å². The third kappa shape index (κ3) is 7.88. The average molecular weight is 1020 g/mol. The van der Waals surface area contributed by atoms with Crippen LogP contribution in [0.15, 0.2) is 328 Å². The highest BCUT2D eigenvalue weighted by Crippen LogP contribution is 2.45. The normalized spacial score (nSPS) is 11.8. The van der Waals surface area contributed by atoms with Crippen LogP contribution in [-0.4, -0.2) is 16.1 Å². The summed E-state index contributed by atoms with van der Waals surface area (Å²) in [5.74, 6) is 0. The summed E-state index contributed by atoms with van der Waals surface area (Å²) in [4.78, 5) is 0. The fourth-order valence-electron chi connectivity index (χ4n) is 13.0. The molecule has 0 N–H and O–H groups in total. The van der Waals surface area contributed by atoms with E-state index >= 15 is 0 Å². The fraction of sp³-hybridized carbons (Fsp3) is 0. The minimum absolute atomic E-state index is 1.19. The molecule has 78 heavy (non-hydrogen) atoms. The van der Waals surface area contributed by atoms with Crippen molar-refractivity contribution in [1.82, 2.24) is 0 Å². The Morgan fingerprint density at radius 3 is 0.846 bits per heavy atom. The van der Waals surface area contributed by atoms with Gasteiger partial charge < -0.3 is 0 Å². The molecule has 14 aromatic carbocycles. The van der Waals surface area contributed by atoms with E-state index in [2.05, 4.69) is 328 Å². The quantitative estimate of drug-likeness (QED) is 0.0688. The SMILES string of the molecule is c1ccc([Si](c2ccccc2)(c2ccccc2)c2ccc3c(-c4cccc(-c5ccc6ccccc6c5)c4)c4ccc([Si](c5ccccc5)(c5ccccc5)c5ccccc5)cc4c(-c4ccc5ccccc5c4)c3c2)cc1. The molecule has 14 aromatic rings. The van der Waals surface area contributed by atoms with Crippen molar-refractivity contribution in [1.29, 1.82) is 0 Å². The Kier molecular flexibility index (Phi) is 12.0. The second kappa shape index (κ2) is 19.9. The molecule has 0 spiro atoms. The summed E-state index contributed by atoms with van der Waals surface area (Å²) < 4.78 is 0. The van der Waals surface area contributed by atoms with E-state index in [0.29, 0.717) is 0 Å². The van der Waals surface area contributed by atoms with Gasteiger partial charge in [0.2, 0.25) is 0 Å². The van der Waals surface area contributed by atoms with Crippen molar-refractivity contribution in [2.24, 2.45) is 0 Å². The molecule has 0 aliphatic heterocycles. The number of rotatable bonds is 11. The molecule has 14 rings (SSSR count). The van der Waals surface area contributed by atoms with Gasteiger partial charge in [0.25, 0.3) is 0 Å². The summed E-state index contributed by atoms with van der Waals surface area (Å²) in [5, 5.41) is 20.7. The Balaban J connectivity index is 1.16. The van der Waals surface area contributed by atoms with E-state index in [1.54, 1.807) is 0 Å². The zero-order chi connectivity index (χ0) is 51.9. The lowest BCUT2D eigenvalue weighted by Gasteiger charge is -2.35. The Bertz CT molecular complexity index is 4080. The van der Waals surface area contributed by atoms with E-state index in [4.69, 9.17) is 0 Å². The van der Waals surface area contributed by atoms with E-state index in [-0.39, 0.29) is 0 Å². The molecule has 0 nitrogen and oxygen atoms in total. The van der Waals surface area contributed by atoms with Gasteiger partial charge in [-0.2, -0.15) is 0 Å². The standard InChI is InChI=1S/C76H54Si2/c1-7-30-63(31-8-1)77(64-32-9-2-10-33-64,65-34-11-3-12-35-65)69-46-48-71-73(53-69)76(62-45-43-56-25-20-22-27-58(56)51-62)74-54-70(78(66-36-13-4-14-37-66,67-38-15-5-16-39-67)68-40-17-6-18-41-68)47-49-72(74)75(71)61-29-23-28-59(52-61)60-44-42-55-24-19-21-26-57(55)50-60/h1-54H. The van der Waals surface area contributed by atoms with E-state index in [0.717, 1.165) is 0 Å². The molecule has 0 heterocycles. The van der Waals surface area contributed by atoms with Gasteiger partial charge in [-0.05, 0) is 136 Å². The zero-order valence-corrected chi connectivity index (χ0v) is 45.2. The van der Waals surface area contributed by atoms with E-state index in [1.807, 2.05) is 0 Å². The Hall–Kier alpha value is -9.45. The highest BCUT2D eigenvalue weighted by atomic mass is 28.3. The zero-order valence-electron chi connectivity index (χ0n) is 43.2. The summed E-state index contributed by atoms with van der Waals surface area (Å²) in [5.41, 5.74) is 7.28. The third-order valence-corrected chi connectivity index (χ3v) is 26.0. The van der Waals surface area contributed by atoms with Gasteiger partial charge in [-0.25, -0.2) is 0 Å². The molecule has 0 unspecified atom stereocenters. The van der Waals surface area contributed by atoms with Crippen LogP contribution in [0.3, 0.4) is 0 Å². The maximum absolute atomic E-state index is 2.99. The lowest BCUT2D eigenvalue weighted by atomic mass is 9.85. The minimum atomic E-state index is -2.99. The number of hydrogen-bond acceptors (Lipinski definition) is 0. The highest BCUT2D eigenvalue weighted by molar-refractivity contribution is 7.20. The molecule has 0 aliphatic carbocycles. The van der Waals surface area contributed by atoms with Crippen LogP contribution in [-0.2, 0) is 0 Å². The first-order chi connectivity index (χ1) is 38.7. The summed E-state index contributed by atoms with van der Waals surface area (Å²) in [6.07, 6.45) is 0. The maximum atomic E-state index is 2.62. The van der Waals surface area contributed by atoms with Crippen molar-refractivity contribution in [2.75, 3.05) is 0 Å². The first kappa shape index (κ1) is 47.0. The molecule has 0 atom stereocenters. The third-order valence-electron chi connectivity index (χ3n) is 16.5. The minimum Gasteiger partial charge on any atom is -0.0623 e. The van der Waals surface area contributed by atoms with Gasteiger partial charge in [-0.15, -0.1) is 0 Å². The topological polar surface area (TPSA) is 0 Å². The van der Waals surface area contributed by atoms with Gasteiger partial charge in [0.05, 0.1) is 0 Å². The summed E-state index contributed by atoms with van der Waals surface area (Å²) >= 11 is 0. The first-order valence-corrected chi connectivity index (χ1v) is 31.1. The van der Waals surface area contributed by atoms with Gasteiger partial charge in [0.1, 0.15) is 0 Å². The van der Waals surface area contributed by atoms with Crippen molar-refractivity contribution in [3.8, 4) is 33.4 Å². The largest absolute Gasteiger partial charge is 0.179 e. The van der Waals surface area contributed by atoms with Gasteiger partial charge in [0.15, 0.2) is 16.1 Å². The van der Waals surface area contributed by atoms with Gasteiger partial charge in [-0.1, -0.05) is 309 Å². The summed E-state index contributed by atoms with van der Waals surface area (Å²) in [7, 11) is -5.98. The smallest absolute Gasteiger partial charge is 0.0623 e. The van der Waals surface area contributed by atoms with Crippen LogP contribution in [0.5, 0.6) is 0 Å². The summed E-state index contributed by atoms with van der Waals surface area (Å²) in [6, 6.07) is 124. The molecular weight excluding hydrogens is 969 g/mol. The van der Waals surface area contributed by atoms with Crippen LogP contribution in [0.2, 0.25) is 0 Å². The van der Waals surface area contributed by atoms with Crippen LogP contribution in [0.1, 0.15) is 0 Å². The molecule has 0 bridgehead atoms. The van der Waals surface area contributed by atoms with Crippen LogP contribution in [0.25, 0.3) is 76.5 Å². The first-order valence-electron chi connectivity index (χ1n) is 27.1.